The van der Waals surface area contributed by atoms with Gasteiger partial charge in [-0.25, -0.2) is 4.79 Å². The van der Waals surface area contributed by atoms with Gasteiger partial charge in [-0.1, -0.05) is 0 Å². The van der Waals surface area contributed by atoms with E-state index in [-0.39, 0.29) is 6.54 Å². The Labute approximate surface area is 107 Å². The lowest BCUT2D eigenvalue weighted by Crippen LogP contribution is -2.50. The molecule has 1 saturated heterocycles. The first kappa shape index (κ1) is 14.8. The maximum Gasteiger partial charge on any atom is 0.410 e. The third-order valence-electron chi connectivity index (χ3n) is 2.74. The minimum atomic E-state index is -0.904. The van der Waals surface area contributed by atoms with Gasteiger partial charge in [0.2, 0.25) is 0 Å². The quantitative estimate of drug-likeness (QED) is 0.704. The predicted octanol–water partition coefficient (Wildman–Crippen LogP) is 0.777. The van der Waals surface area contributed by atoms with Crippen LogP contribution < -0.4 is 0 Å². The molecular formula is C12H21NO5. The number of piperidine rings is 1. The second kappa shape index (κ2) is 5.56. The van der Waals surface area contributed by atoms with Crippen LogP contribution in [0.25, 0.3) is 0 Å². The average Bonchev–Trinajstić information content (AvgIpc) is 2.25. The van der Waals surface area contributed by atoms with Crippen LogP contribution in [-0.4, -0.2) is 54.0 Å². The summed E-state index contributed by atoms with van der Waals surface area (Å²) in [5.41, 5.74) is -0.568. The molecule has 1 rings (SSSR count). The first-order valence-electron chi connectivity index (χ1n) is 5.98. The monoisotopic (exact) mass is 259 g/mol. The summed E-state index contributed by atoms with van der Waals surface area (Å²) in [5, 5.41) is 9.84. The number of hydrogen-bond acceptors (Lipinski definition) is 5. The second-order valence-corrected chi connectivity index (χ2v) is 5.41. The van der Waals surface area contributed by atoms with Crippen LogP contribution in [0.5, 0.6) is 0 Å². The summed E-state index contributed by atoms with van der Waals surface area (Å²) in [6.45, 7) is 5.81. The van der Waals surface area contributed by atoms with Gasteiger partial charge in [-0.05, 0) is 27.2 Å². The summed E-state index contributed by atoms with van der Waals surface area (Å²) in [5.74, 6) is -1.000. The Bertz CT molecular complexity index is 323. The Hall–Kier alpha value is -1.30. The summed E-state index contributed by atoms with van der Waals surface area (Å²) in [6.07, 6.45) is -0.990. The molecule has 6 heteroatoms. The summed E-state index contributed by atoms with van der Waals surface area (Å²) >= 11 is 0. The highest BCUT2D eigenvalue weighted by atomic mass is 16.6. The minimum Gasteiger partial charge on any atom is -0.469 e. The summed E-state index contributed by atoms with van der Waals surface area (Å²) < 4.78 is 9.81. The average molecular weight is 259 g/mol. The van der Waals surface area contributed by atoms with Crippen molar-refractivity contribution in [3.05, 3.63) is 0 Å². The lowest BCUT2D eigenvalue weighted by molar-refractivity contribution is -0.152. The zero-order chi connectivity index (χ0) is 13.9. The van der Waals surface area contributed by atoms with Crippen LogP contribution in [0.4, 0.5) is 4.79 Å². The van der Waals surface area contributed by atoms with Crippen LogP contribution in [0.2, 0.25) is 0 Å². The lowest BCUT2D eigenvalue weighted by atomic mass is 9.94. The molecule has 0 radical (unpaired) electrons. The van der Waals surface area contributed by atoms with E-state index in [2.05, 4.69) is 4.74 Å². The maximum absolute atomic E-state index is 11.8. The van der Waals surface area contributed by atoms with Crippen molar-refractivity contribution in [1.82, 2.24) is 4.90 Å². The molecule has 1 amide bonds. The molecule has 1 heterocycles. The first-order chi connectivity index (χ1) is 8.24. The van der Waals surface area contributed by atoms with E-state index in [4.69, 9.17) is 4.74 Å². The molecule has 1 aliphatic heterocycles. The molecule has 0 bridgehead atoms. The molecule has 6 nitrogen and oxygen atoms in total. The molecule has 0 spiro atoms. The lowest BCUT2D eigenvalue weighted by Gasteiger charge is -2.35. The van der Waals surface area contributed by atoms with Gasteiger partial charge in [0.05, 0.1) is 25.7 Å². The van der Waals surface area contributed by atoms with E-state index in [1.54, 1.807) is 20.8 Å². The molecule has 0 aromatic heterocycles. The van der Waals surface area contributed by atoms with Gasteiger partial charge in [0, 0.05) is 6.54 Å². The van der Waals surface area contributed by atoms with E-state index >= 15 is 0 Å². The third-order valence-corrected chi connectivity index (χ3v) is 2.74. The van der Waals surface area contributed by atoms with Crippen molar-refractivity contribution in [1.29, 1.82) is 0 Å². The van der Waals surface area contributed by atoms with Crippen molar-refractivity contribution >= 4 is 12.1 Å². The first-order valence-corrected chi connectivity index (χ1v) is 5.98. The number of rotatable bonds is 1. The number of carbonyl (C=O) groups excluding carboxylic acids is 2. The standard InChI is InChI=1S/C12H21NO5/c1-12(2,3)18-11(16)13-6-5-8(9(14)7-13)10(15)17-4/h8-9,14H,5-7H2,1-4H3/t8-,9-/m0/s1. The fraction of sp³-hybridized carbons (Fsp3) is 0.833. The zero-order valence-corrected chi connectivity index (χ0v) is 11.3. The number of aliphatic hydroxyl groups is 1. The van der Waals surface area contributed by atoms with E-state index < -0.39 is 29.7 Å². The summed E-state index contributed by atoms with van der Waals surface area (Å²) in [6, 6.07) is 0. The van der Waals surface area contributed by atoms with Gasteiger partial charge in [0.1, 0.15) is 5.60 Å². The van der Waals surface area contributed by atoms with Gasteiger partial charge in [0.25, 0.3) is 0 Å². The van der Waals surface area contributed by atoms with Crippen LogP contribution in [0.1, 0.15) is 27.2 Å². The third kappa shape index (κ3) is 3.87. The highest BCUT2D eigenvalue weighted by Crippen LogP contribution is 2.21. The van der Waals surface area contributed by atoms with Gasteiger partial charge in [0.15, 0.2) is 0 Å². The number of likely N-dealkylation sites (tertiary alicyclic amines) is 1. The van der Waals surface area contributed by atoms with E-state index in [0.717, 1.165) is 0 Å². The number of aliphatic hydroxyl groups excluding tert-OH is 1. The highest BCUT2D eigenvalue weighted by Gasteiger charge is 2.36. The molecule has 18 heavy (non-hydrogen) atoms. The van der Waals surface area contributed by atoms with Crippen LogP contribution in [0.15, 0.2) is 0 Å². The largest absolute Gasteiger partial charge is 0.469 e. The molecule has 0 aromatic rings. The second-order valence-electron chi connectivity index (χ2n) is 5.41. The van der Waals surface area contributed by atoms with Crippen LogP contribution in [0, 0.1) is 5.92 Å². The number of esters is 1. The predicted molar refractivity (Wildman–Crippen MR) is 63.9 cm³/mol. The molecule has 1 N–H and O–H groups in total. The molecule has 0 aliphatic carbocycles. The molecule has 0 unspecified atom stereocenters. The van der Waals surface area contributed by atoms with Crippen molar-refractivity contribution in [2.24, 2.45) is 5.92 Å². The molecule has 0 aromatic carbocycles. The van der Waals surface area contributed by atoms with Gasteiger partial charge in [-0.2, -0.15) is 0 Å². The van der Waals surface area contributed by atoms with Crippen molar-refractivity contribution in [3.63, 3.8) is 0 Å². The zero-order valence-electron chi connectivity index (χ0n) is 11.3. The Kier molecular flexibility index (Phi) is 4.56. The molecule has 104 valence electrons. The molecule has 2 atom stereocenters. The Morgan fingerprint density at radius 1 is 1.33 bits per heavy atom. The number of carbonyl (C=O) groups is 2. The van der Waals surface area contributed by atoms with E-state index in [1.807, 2.05) is 0 Å². The fourth-order valence-corrected chi connectivity index (χ4v) is 1.85. The van der Waals surface area contributed by atoms with Crippen LogP contribution in [-0.2, 0) is 14.3 Å². The van der Waals surface area contributed by atoms with Gasteiger partial charge >= 0.3 is 12.1 Å². The van der Waals surface area contributed by atoms with Crippen molar-refractivity contribution in [2.45, 2.75) is 38.9 Å². The SMILES string of the molecule is COC(=O)[C@H]1CCN(C(=O)OC(C)(C)C)C[C@@H]1O. The van der Waals surface area contributed by atoms with Crippen LogP contribution in [0.3, 0.4) is 0 Å². The molecular weight excluding hydrogens is 238 g/mol. The summed E-state index contributed by atoms with van der Waals surface area (Å²) in [4.78, 5) is 24.6. The fourth-order valence-electron chi connectivity index (χ4n) is 1.85. The minimum absolute atomic E-state index is 0.0919. The van der Waals surface area contributed by atoms with Gasteiger partial charge < -0.3 is 19.5 Å². The Morgan fingerprint density at radius 3 is 2.39 bits per heavy atom. The molecule has 0 saturated carbocycles. The molecule has 1 fully saturated rings. The normalized spacial score (nSPS) is 24.6. The van der Waals surface area contributed by atoms with Crippen molar-refractivity contribution in [3.8, 4) is 0 Å². The molecule has 1 aliphatic rings. The van der Waals surface area contributed by atoms with Crippen molar-refractivity contribution in [2.75, 3.05) is 20.2 Å². The van der Waals surface area contributed by atoms with Gasteiger partial charge in [-0.3, -0.25) is 4.79 Å². The number of β-amino-alcohol motifs (C(OH)–C–C–N with tert-alkyl or cyclic N) is 1. The summed E-state index contributed by atoms with van der Waals surface area (Å²) in [7, 11) is 1.29. The van der Waals surface area contributed by atoms with Crippen molar-refractivity contribution < 1.29 is 24.2 Å². The highest BCUT2D eigenvalue weighted by molar-refractivity contribution is 5.74. The maximum atomic E-state index is 11.8. The smallest absolute Gasteiger partial charge is 0.410 e. The Morgan fingerprint density at radius 2 is 1.94 bits per heavy atom. The van der Waals surface area contributed by atoms with E-state index in [9.17, 15) is 14.7 Å². The van der Waals surface area contributed by atoms with E-state index in [1.165, 1.54) is 12.0 Å². The number of methoxy groups -OCH3 is 1. The number of ether oxygens (including phenoxy) is 2. The van der Waals surface area contributed by atoms with Gasteiger partial charge in [-0.15, -0.1) is 0 Å². The number of hydrogen-bond donors (Lipinski definition) is 1. The number of amides is 1. The Balaban J connectivity index is 2.55. The van der Waals surface area contributed by atoms with Crippen LogP contribution >= 0.6 is 0 Å². The topological polar surface area (TPSA) is 76.1 Å². The van der Waals surface area contributed by atoms with E-state index in [0.29, 0.717) is 13.0 Å². The number of nitrogens with zero attached hydrogens (tertiary/aromatic N) is 1.